The molecule has 0 fully saturated rings. The zero-order valence-electron chi connectivity index (χ0n) is 12.7. The van der Waals surface area contributed by atoms with E-state index in [1.54, 1.807) is 6.08 Å². The van der Waals surface area contributed by atoms with E-state index < -0.39 is 0 Å². The van der Waals surface area contributed by atoms with Gasteiger partial charge in [-0.1, -0.05) is 6.08 Å². The lowest BCUT2D eigenvalue weighted by molar-refractivity contribution is 0.0957. The SMILES string of the molecule is C=CCNC(=O)c1cnc(Nc2ccc(N(C)C)cc2)nc1. The molecular formula is C16H19N5O. The van der Waals surface area contributed by atoms with Crippen molar-refractivity contribution in [1.29, 1.82) is 0 Å². The summed E-state index contributed by atoms with van der Waals surface area (Å²) < 4.78 is 0. The predicted octanol–water partition coefficient (Wildman–Crippen LogP) is 2.20. The topological polar surface area (TPSA) is 70.2 Å². The number of hydrogen-bond acceptors (Lipinski definition) is 5. The van der Waals surface area contributed by atoms with Crippen LogP contribution in [0.4, 0.5) is 17.3 Å². The number of benzene rings is 1. The Morgan fingerprint density at radius 2 is 1.86 bits per heavy atom. The molecule has 2 rings (SSSR count). The summed E-state index contributed by atoms with van der Waals surface area (Å²) in [7, 11) is 3.98. The minimum atomic E-state index is -0.221. The van der Waals surface area contributed by atoms with Crippen LogP contribution in [0.5, 0.6) is 0 Å². The molecule has 0 atom stereocenters. The number of aromatic nitrogens is 2. The molecule has 1 aromatic heterocycles. The highest BCUT2D eigenvalue weighted by molar-refractivity contribution is 5.93. The van der Waals surface area contributed by atoms with Crippen molar-refractivity contribution in [3.63, 3.8) is 0 Å². The van der Waals surface area contributed by atoms with Crippen LogP contribution in [0.1, 0.15) is 10.4 Å². The van der Waals surface area contributed by atoms with Crippen molar-refractivity contribution in [2.45, 2.75) is 0 Å². The summed E-state index contributed by atoms with van der Waals surface area (Å²) in [5.41, 5.74) is 2.41. The molecule has 0 saturated carbocycles. The quantitative estimate of drug-likeness (QED) is 0.800. The van der Waals surface area contributed by atoms with E-state index in [1.807, 2.05) is 43.3 Å². The second-order valence-corrected chi connectivity index (χ2v) is 4.86. The van der Waals surface area contributed by atoms with Crippen LogP contribution >= 0.6 is 0 Å². The number of carbonyl (C=O) groups is 1. The van der Waals surface area contributed by atoms with Gasteiger partial charge in [-0.3, -0.25) is 4.79 Å². The van der Waals surface area contributed by atoms with Crippen molar-refractivity contribution < 1.29 is 4.79 Å². The average molecular weight is 297 g/mol. The number of rotatable bonds is 6. The van der Waals surface area contributed by atoms with Gasteiger partial charge in [0.05, 0.1) is 5.56 Å². The molecule has 0 saturated heterocycles. The van der Waals surface area contributed by atoms with E-state index in [4.69, 9.17) is 0 Å². The summed E-state index contributed by atoms with van der Waals surface area (Å²) in [5.74, 6) is 0.222. The normalized spacial score (nSPS) is 9.91. The number of carbonyl (C=O) groups excluding carboxylic acids is 1. The molecule has 0 bridgehead atoms. The Bertz CT molecular complexity index is 635. The van der Waals surface area contributed by atoms with Gasteiger partial charge in [0.25, 0.3) is 5.91 Å². The van der Waals surface area contributed by atoms with Gasteiger partial charge in [0, 0.05) is 44.4 Å². The molecule has 0 aliphatic rings. The van der Waals surface area contributed by atoms with Gasteiger partial charge in [0.2, 0.25) is 5.95 Å². The van der Waals surface area contributed by atoms with Gasteiger partial charge in [-0.25, -0.2) is 9.97 Å². The summed E-state index contributed by atoms with van der Waals surface area (Å²) in [6.45, 7) is 3.96. The van der Waals surface area contributed by atoms with Crippen LogP contribution in [0, 0.1) is 0 Å². The van der Waals surface area contributed by atoms with Crippen molar-refractivity contribution in [2.24, 2.45) is 0 Å². The largest absolute Gasteiger partial charge is 0.378 e. The van der Waals surface area contributed by atoms with E-state index in [2.05, 4.69) is 27.2 Å². The summed E-state index contributed by atoms with van der Waals surface area (Å²) in [5, 5.41) is 5.76. The van der Waals surface area contributed by atoms with Crippen LogP contribution in [-0.2, 0) is 0 Å². The van der Waals surface area contributed by atoms with Crippen LogP contribution in [-0.4, -0.2) is 36.5 Å². The van der Waals surface area contributed by atoms with E-state index in [0.29, 0.717) is 18.1 Å². The monoisotopic (exact) mass is 297 g/mol. The maximum atomic E-state index is 11.7. The van der Waals surface area contributed by atoms with Crippen LogP contribution in [0.3, 0.4) is 0 Å². The summed E-state index contributed by atoms with van der Waals surface area (Å²) >= 11 is 0. The average Bonchev–Trinajstić information content (AvgIpc) is 2.54. The van der Waals surface area contributed by atoms with Gasteiger partial charge in [-0.15, -0.1) is 6.58 Å². The lowest BCUT2D eigenvalue weighted by Crippen LogP contribution is -2.23. The second kappa shape index (κ2) is 7.21. The lowest BCUT2D eigenvalue weighted by Gasteiger charge is -2.13. The molecule has 1 aromatic carbocycles. The minimum Gasteiger partial charge on any atom is -0.378 e. The third-order valence-corrected chi connectivity index (χ3v) is 2.96. The highest BCUT2D eigenvalue weighted by Gasteiger charge is 2.06. The van der Waals surface area contributed by atoms with E-state index >= 15 is 0 Å². The third-order valence-electron chi connectivity index (χ3n) is 2.96. The first-order valence-corrected chi connectivity index (χ1v) is 6.85. The van der Waals surface area contributed by atoms with E-state index in [9.17, 15) is 4.79 Å². The van der Waals surface area contributed by atoms with E-state index in [1.165, 1.54) is 12.4 Å². The smallest absolute Gasteiger partial charge is 0.254 e. The highest BCUT2D eigenvalue weighted by atomic mass is 16.1. The molecule has 0 aliphatic heterocycles. The van der Waals surface area contributed by atoms with Gasteiger partial charge in [0.1, 0.15) is 0 Å². The maximum Gasteiger partial charge on any atom is 0.254 e. The molecule has 0 radical (unpaired) electrons. The Morgan fingerprint density at radius 1 is 1.23 bits per heavy atom. The summed E-state index contributed by atoms with van der Waals surface area (Å²) in [4.78, 5) is 22.0. The number of hydrogen-bond donors (Lipinski definition) is 2. The van der Waals surface area contributed by atoms with Crippen molar-refractivity contribution in [3.8, 4) is 0 Å². The van der Waals surface area contributed by atoms with Gasteiger partial charge in [-0.05, 0) is 24.3 Å². The zero-order valence-corrected chi connectivity index (χ0v) is 12.7. The Hall–Kier alpha value is -2.89. The predicted molar refractivity (Wildman–Crippen MR) is 88.6 cm³/mol. The summed E-state index contributed by atoms with van der Waals surface area (Å²) in [6, 6.07) is 7.89. The van der Waals surface area contributed by atoms with Crippen LogP contribution in [0.2, 0.25) is 0 Å². The van der Waals surface area contributed by atoms with E-state index in [0.717, 1.165) is 11.4 Å². The number of nitrogens with zero attached hydrogens (tertiary/aromatic N) is 3. The fraction of sp³-hybridized carbons (Fsp3) is 0.188. The molecule has 0 spiro atoms. The molecule has 114 valence electrons. The van der Waals surface area contributed by atoms with Gasteiger partial charge >= 0.3 is 0 Å². The number of nitrogens with one attached hydrogen (secondary N) is 2. The fourth-order valence-electron chi connectivity index (χ4n) is 1.75. The van der Waals surface area contributed by atoms with E-state index in [-0.39, 0.29) is 5.91 Å². The molecule has 2 N–H and O–H groups in total. The molecule has 0 unspecified atom stereocenters. The lowest BCUT2D eigenvalue weighted by atomic mass is 10.2. The van der Waals surface area contributed by atoms with Gasteiger partial charge in [-0.2, -0.15) is 0 Å². The second-order valence-electron chi connectivity index (χ2n) is 4.86. The molecule has 6 heteroatoms. The molecule has 2 aromatic rings. The Balaban J connectivity index is 2.01. The molecule has 0 aliphatic carbocycles. The van der Waals surface area contributed by atoms with Crippen LogP contribution < -0.4 is 15.5 Å². The van der Waals surface area contributed by atoms with Crippen LogP contribution in [0.25, 0.3) is 0 Å². The first kappa shape index (κ1) is 15.5. The molecule has 1 amide bonds. The highest BCUT2D eigenvalue weighted by Crippen LogP contribution is 2.17. The van der Waals surface area contributed by atoms with Crippen molar-refractivity contribution in [3.05, 3.63) is 54.9 Å². The third kappa shape index (κ3) is 4.05. The van der Waals surface area contributed by atoms with Gasteiger partial charge in [0.15, 0.2) is 0 Å². The van der Waals surface area contributed by atoms with Crippen molar-refractivity contribution in [1.82, 2.24) is 15.3 Å². The first-order chi connectivity index (χ1) is 10.6. The number of anilines is 3. The van der Waals surface area contributed by atoms with Gasteiger partial charge < -0.3 is 15.5 Å². The Kier molecular flexibility index (Phi) is 5.08. The van der Waals surface area contributed by atoms with Crippen molar-refractivity contribution in [2.75, 3.05) is 30.9 Å². The first-order valence-electron chi connectivity index (χ1n) is 6.85. The molecular weight excluding hydrogens is 278 g/mol. The summed E-state index contributed by atoms with van der Waals surface area (Å²) in [6.07, 6.45) is 4.59. The molecule has 22 heavy (non-hydrogen) atoms. The van der Waals surface area contributed by atoms with Crippen molar-refractivity contribution >= 4 is 23.2 Å². The standard InChI is InChI=1S/C16H19N5O/c1-4-9-17-15(22)12-10-18-16(19-11-12)20-13-5-7-14(8-6-13)21(2)3/h4-8,10-11H,1,9H2,2-3H3,(H,17,22)(H,18,19,20). The number of amides is 1. The fourth-order valence-corrected chi connectivity index (χ4v) is 1.75. The Morgan fingerprint density at radius 3 is 2.41 bits per heavy atom. The maximum absolute atomic E-state index is 11.7. The molecule has 6 nitrogen and oxygen atoms in total. The minimum absolute atomic E-state index is 0.221. The zero-order chi connectivity index (χ0) is 15.9. The molecule has 1 heterocycles. The van der Waals surface area contributed by atoms with Crippen LogP contribution in [0.15, 0.2) is 49.3 Å². The Labute approximate surface area is 129 Å².